The molecule has 0 saturated carbocycles. The third-order valence-electron chi connectivity index (χ3n) is 8.48. The van der Waals surface area contributed by atoms with Gasteiger partial charge < -0.3 is 16.0 Å². The molecule has 9 nitrogen and oxygen atoms in total. The van der Waals surface area contributed by atoms with Gasteiger partial charge in [0.25, 0.3) is 16.1 Å². The van der Waals surface area contributed by atoms with Crippen LogP contribution in [0.4, 0.5) is 5.69 Å². The monoisotopic (exact) mass is 537 g/mol. The molecule has 3 fully saturated rings. The highest BCUT2D eigenvalue weighted by atomic mass is 32.2. The minimum atomic E-state index is -3.54. The van der Waals surface area contributed by atoms with Crippen molar-refractivity contribution >= 4 is 27.7 Å². The molecule has 0 unspecified atom stereocenters. The Morgan fingerprint density at radius 3 is 2.37 bits per heavy atom. The van der Waals surface area contributed by atoms with E-state index >= 15 is 0 Å². The zero-order valence-corrected chi connectivity index (χ0v) is 22.3. The maximum atomic E-state index is 13.7. The molecule has 3 N–H and O–H groups in total. The predicted molar refractivity (Wildman–Crippen MR) is 145 cm³/mol. The molecule has 3 atom stereocenters. The normalized spacial score (nSPS) is 26.2. The molecular formula is C28H35N5O4S. The minimum Gasteiger partial charge on any atom is -0.349 e. The summed E-state index contributed by atoms with van der Waals surface area (Å²) in [4.78, 5) is 24.6. The van der Waals surface area contributed by atoms with Crippen LogP contribution >= 0.6 is 0 Å². The molecule has 0 aromatic heterocycles. The van der Waals surface area contributed by atoms with Crippen LogP contribution in [-0.2, 0) is 28.0 Å². The highest BCUT2D eigenvalue weighted by Gasteiger charge is 2.49. The molecule has 6 rings (SSSR count). The van der Waals surface area contributed by atoms with Crippen LogP contribution in [0.3, 0.4) is 0 Å². The second-order valence-electron chi connectivity index (χ2n) is 11.0. The Bertz CT molecular complexity index is 1300. The highest BCUT2D eigenvalue weighted by Crippen LogP contribution is 2.39. The topological polar surface area (TPSA) is 111 Å². The number of hydrogen-bond donors (Lipinski definition) is 3. The number of anilines is 1. The van der Waals surface area contributed by atoms with Gasteiger partial charge in [-0.3, -0.25) is 9.59 Å². The number of amides is 2. The second kappa shape index (κ2) is 10.4. The number of carbonyl (C=O) groups is 2. The maximum absolute atomic E-state index is 13.7. The van der Waals surface area contributed by atoms with Gasteiger partial charge in [0, 0.05) is 55.1 Å². The van der Waals surface area contributed by atoms with Crippen molar-refractivity contribution in [1.82, 2.24) is 19.2 Å². The smallest absolute Gasteiger partial charge is 0.282 e. The van der Waals surface area contributed by atoms with Crippen LogP contribution in [-0.4, -0.2) is 66.1 Å². The summed E-state index contributed by atoms with van der Waals surface area (Å²) in [6.07, 6.45) is 4.81. The number of rotatable bonds is 7. The SMILES string of the molecule is O=C1Cc2cc(C(=O)N[C@H]3C[C@H]4CC[C@@H](C3)N4S(=O)(=O)N3CCC(NCc4ccccc4)CC3)ccc2N1. The Labute approximate surface area is 224 Å². The fourth-order valence-electron chi connectivity index (χ4n) is 6.55. The molecule has 2 amide bonds. The van der Waals surface area contributed by atoms with Crippen LogP contribution < -0.4 is 16.0 Å². The summed E-state index contributed by atoms with van der Waals surface area (Å²) >= 11 is 0. The van der Waals surface area contributed by atoms with Crippen molar-refractivity contribution in [2.45, 2.75) is 75.7 Å². The van der Waals surface area contributed by atoms with Crippen LogP contribution in [0.2, 0.25) is 0 Å². The molecular weight excluding hydrogens is 502 g/mol. The van der Waals surface area contributed by atoms with Crippen LogP contribution in [0, 0.1) is 0 Å². The van der Waals surface area contributed by atoms with E-state index in [9.17, 15) is 18.0 Å². The summed E-state index contributed by atoms with van der Waals surface area (Å²) < 4.78 is 30.8. The molecule has 4 heterocycles. The lowest BCUT2D eigenvalue weighted by atomic mass is 9.99. The number of hydrogen-bond acceptors (Lipinski definition) is 5. The van der Waals surface area contributed by atoms with Gasteiger partial charge in [-0.05, 0) is 67.9 Å². The molecule has 38 heavy (non-hydrogen) atoms. The summed E-state index contributed by atoms with van der Waals surface area (Å²) in [6, 6.07) is 15.6. The Morgan fingerprint density at radius 2 is 1.66 bits per heavy atom. The van der Waals surface area contributed by atoms with Crippen LogP contribution in [0.1, 0.15) is 60.0 Å². The first kappa shape index (κ1) is 25.5. The van der Waals surface area contributed by atoms with E-state index in [0.717, 1.165) is 43.5 Å². The third kappa shape index (κ3) is 5.10. The molecule has 10 heteroatoms. The van der Waals surface area contributed by atoms with Crippen molar-refractivity contribution in [3.8, 4) is 0 Å². The van der Waals surface area contributed by atoms with E-state index in [2.05, 4.69) is 28.1 Å². The Kier molecular flexibility index (Phi) is 6.98. The van der Waals surface area contributed by atoms with Gasteiger partial charge in [-0.2, -0.15) is 17.0 Å². The summed E-state index contributed by atoms with van der Waals surface area (Å²) in [6.45, 7) is 1.85. The van der Waals surface area contributed by atoms with E-state index in [1.165, 1.54) is 5.56 Å². The number of piperidine rings is 2. The van der Waals surface area contributed by atoms with E-state index in [1.54, 1.807) is 26.8 Å². The van der Waals surface area contributed by atoms with Gasteiger partial charge in [0.2, 0.25) is 5.91 Å². The van der Waals surface area contributed by atoms with Crippen LogP contribution in [0.25, 0.3) is 0 Å². The average Bonchev–Trinajstić information content (AvgIpc) is 3.44. The summed E-state index contributed by atoms with van der Waals surface area (Å²) in [5, 5.41) is 9.50. The fourth-order valence-corrected chi connectivity index (χ4v) is 8.63. The van der Waals surface area contributed by atoms with Crippen molar-refractivity contribution in [2.24, 2.45) is 0 Å². The van der Waals surface area contributed by atoms with Gasteiger partial charge in [-0.1, -0.05) is 30.3 Å². The second-order valence-corrected chi connectivity index (χ2v) is 12.8. The summed E-state index contributed by atoms with van der Waals surface area (Å²) in [5.74, 6) is -0.228. The molecule has 0 spiro atoms. The van der Waals surface area contributed by atoms with E-state index in [4.69, 9.17) is 0 Å². The van der Waals surface area contributed by atoms with Gasteiger partial charge in [-0.25, -0.2) is 0 Å². The summed E-state index contributed by atoms with van der Waals surface area (Å²) in [7, 11) is -3.54. The molecule has 2 aromatic rings. The maximum Gasteiger partial charge on any atom is 0.282 e. The van der Waals surface area contributed by atoms with Gasteiger partial charge in [0.05, 0.1) is 6.42 Å². The van der Waals surface area contributed by atoms with Crippen molar-refractivity contribution in [3.05, 3.63) is 65.2 Å². The standard InChI is InChI=1S/C28H35N5O4S/c34-27-15-21-14-20(6-9-26(21)31-27)28(35)30-23-16-24-7-8-25(17-23)33(24)38(36,37)32-12-10-22(11-13-32)29-18-19-4-2-1-3-5-19/h1-6,9,14,22-25,29H,7-8,10-13,15-18H2,(H,30,35)(H,31,34)/t23-,24+,25-. The van der Waals surface area contributed by atoms with Gasteiger partial charge in [0.15, 0.2) is 0 Å². The lowest BCUT2D eigenvalue weighted by molar-refractivity contribution is -0.115. The minimum absolute atomic E-state index is 0.0598. The molecule has 202 valence electrons. The number of nitrogens with zero attached hydrogens (tertiary/aromatic N) is 2. The molecule has 4 aliphatic heterocycles. The van der Waals surface area contributed by atoms with Crippen molar-refractivity contribution < 1.29 is 18.0 Å². The first-order valence-corrected chi connectivity index (χ1v) is 15.1. The zero-order chi connectivity index (χ0) is 26.3. The molecule has 0 aliphatic carbocycles. The predicted octanol–water partition coefficient (Wildman–Crippen LogP) is 2.41. The molecule has 2 bridgehead atoms. The third-order valence-corrected chi connectivity index (χ3v) is 10.6. The zero-order valence-electron chi connectivity index (χ0n) is 21.4. The van der Waals surface area contributed by atoms with E-state index in [-0.39, 0.29) is 36.4 Å². The number of benzene rings is 2. The summed E-state index contributed by atoms with van der Waals surface area (Å²) in [5.41, 5.74) is 3.37. The first-order chi connectivity index (χ1) is 18.4. The lowest BCUT2D eigenvalue weighted by Crippen LogP contribution is -2.57. The van der Waals surface area contributed by atoms with Gasteiger partial charge >= 0.3 is 0 Å². The highest BCUT2D eigenvalue weighted by molar-refractivity contribution is 7.86. The fraction of sp³-hybridized carbons (Fsp3) is 0.500. The Hall–Kier alpha value is -2.79. The first-order valence-electron chi connectivity index (χ1n) is 13.7. The van der Waals surface area contributed by atoms with Crippen molar-refractivity contribution in [3.63, 3.8) is 0 Å². The van der Waals surface area contributed by atoms with Crippen molar-refractivity contribution in [2.75, 3.05) is 18.4 Å². The average molecular weight is 538 g/mol. The van der Waals surface area contributed by atoms with E-state index in [1.807, 2.05) is 18.2 Å². The molecule has 0 radical (unpaired) electrons. The number of nitrogens with one attached hydrogen (secondary N) is 3. The molecule has 2 aromatic carbocycles. The number of fused-ring (bicyclic) bond motifs is 3. The van der Waals surface area contributed by atoms with Gasteiger partial charge in [0.1, 0.15) is 0 Å². The van der Waals surface area contributed by atoms with Crippen LogP contribution in [0.15, 0.2) is 48.5 Å². The quantitative estimate of drug-likeness (QED) is 0.503. The van der Waals surface area contributed by atoms with E-state index in [0.29, 0.717) is 37.5 Å². The molecule has 3 saturated heterocycles. The lowest BCUT2D eigenvalue weighted by Gasteiger charge is -2.42. The van der Waals surface area contributed by atoms with Crippen molar-refractivity contribution in [1.29, 1.82) is 0 Å². The van der Waals surface area contributed by atoms with E-state index < -0.39 is 10.2 Å². The number of carbonyl (C=O) groups excluding carboxylic acids is 2. The molecule has 4 aliphatic rings. The Morgan fingerprint density at radius 1 is 0.947 bits per heavy atom. The Balaban J connectivity index is 1.03. The van der Waals surface area contributed by atoms with Crippen LogP contribution in [0.5, 0.6) is 0 Å². The van der Waals surface area contributed by atoms with Gasteiger partial charge in [-0.15, -0.1) is 0 Å². The largest absolute Gasteiger partial charge is 0.349 e.